The summed E-state index contributed by atoms with van der Waals surface area (Å²) in [6.45, 7) is 11.2. The van der Waals surface area contributed by atoms with Crippen molar-refractivity contribution in [1.82, 2.24) is 4.90 Å². The fourth-order valence-electron chi connectivity index (χ4n) is 2.37. The third-order valence-corrected chi connectivity index (χ3v) is 3.26. The molecule has 0 fully saturated rings. The quantitative estimate of drug-likeness (QED) is 0.712. The van der Waals surface area contributed by atoms with Gasteiger partial charge in [0.2, 0.25) is 5.91 Å². The van der Waals surface area contributed by atoms with Crippen molar-refractivity contribution in [3.8, 4) is 5.75 Å². The van der Waals surface area contributed by atoms with E-state index in [0.717, 1.165) is 43.9 Å². The second kappa shape index (κ2) is 10.2. The van der Waals surface area contributed by atoms with Gasteiger partial charge in [-0.05, 0) is 51.9 Å². The van der Waals surface area contributed by atoms with Crippen LogP contribution in [0, 0.1) is 0 Å². The van der Waals surface area contributed by atoms with E-state index in [2.05, 4.69) is 24.1 Å². The van der Waals surface area contributed by atoms with E-state index in [1.54, 1.807) is 0 Å². The molecule has 22 heavy (non-hydrogen) atoms. The number of anilines is 1. The molecule has 1 N–H and O–H groups in total. The molecule has 0 radical (unpaired) electrons. The Morgan fingerprint density at radius 3 is 2.36 bits per heavy atom. The average molecular weight is 306 g/mol. The lowest BCUT2D eigenvalue weighted by Gasteiger charge is -2.20. The van der Waals surface area contributed by atoms with Crippen molar-refractivity contribution in [3.05, 3.63) is 24.3 Å². The second-order valence-corrected chi connectivity index (χ2v) is 5.80. The number of hydrogen-bond acceptors (Lipinski definition) is 3. The third-order valence-electron chi connectivity index (χ3n) is 3.26. The van der Waals surface area contributed by atoms with E-state index in [1.165, 1.54) is 0 Å². The maximum Gasteiger partial charge on any atom is 0.225 e. The first kappa shape index (κ1) is 18.5. The number of ether oxygens (including phenoxy) is 1. The molecule has 0 spiro atoms. The Hall–Kier alpha value is -1.55. The van der Waals surface area contributed by atoms with Crippen LogP contribution >= 0.6 is 0 Å². The van der Waals surface area contributed by atoms with Gasteiger partial charge in [0.1, 0.15) is 5.75 Å². The van der Waals surface area contributed by atoms with E-state index in [0.29, 0.717) is 6.42 Å². The molecule has 0 atom stereocenters. The fourth-order valence-corrected chi connectivity index (χ4v) is 2.37. The van der Waals surface area contributed by atoms with Gasteiger partial charge in [-0.25, -0.2) is 0 Å². The molecule has 0 heterocycles. The number of carbonyl (C=O) groups is 1. The summed E-state index contributed by atoms with van der Waals surface area (Å²) in [5.74, 6) is 0.766. The Labute approximate surface area is 134 Å². The molecule has 0 aliphatic heterocycles. The van der Waals surface area contributed by atoms with Crippen LogP contribution in [0.15, 0.2) is 24.3 Å². The molecule has 0 bridgehead atoms. The number of amides is 1. The number of para-hydroxylation sites is 2. The van der Waals surface area contributed by atoms with Gasteiger partial charge >= 0.3 is 0 Å². The third kappa shape index (κ3) is 6.94. The predicted molar refractivity (Wildman–Crippen MR) is 92.5 cm³/mol. The van der Waals surface area contributed by atoms with E-state index >= 15 is 0 Å². The van der Waals surface area contributed by atoms with Crippen LogP contribution in [0.3, 0.4) is 0 Å². The minimum absolute atomic E-state index is 0.0389. The first-order chi connectivity index (χ1) is 10.6. The van der Waals surface area contributed by atoms with Crippen molar-refractivity contribution < 1.29 is 9.53 Å². The SMILES string of the molecule is CCCN(CCC)CCC(=O)Nc1ccccc1OC(C)C. The molecule has 0 aliphatic rings. The lowest BCUT2D eigenvalue weighted by Crippen LogP contribution is -2.29. The average Bonchev–Trinajstić information content (AvgIpc) is 2.47. The van der Waals surface area contributed by atoms with Gasteiger partial charge in [-0.15, -0.1) is 0 Å². The Bertz CT molecular complexity index is 440. The topological polar surface area (TPSA) is 41.6 Å². The van der Waals surface area contributed by atoms with Gasteiger partial charge in [0.15, 0.2) is 0 Å². The molecule has 0 saturated heterocycles. The summed E-state index contributed by atoms with van der Waals surface area (Å²) in [6.07, 6.45) is 2.83. The molecular weight excluding hydrogens is 276 g/mol. The summed E-state index contributed by atoms with van der Waals surface area (Å²) in [5.41, 5.74) is 0.749. The maximum absolute atomic E-state index is 12.2. The van der Waals surface area contributed by atoms with E-state index in [1.807, 2.05) is 38.1 Å². The largest absolute Gasteiger partial charge is 0.489 e. The zero-order valence-electron chi connectivity index (χ0n) is 14.4. The lowest BCUT2D eigenvalue weighted by molar-refractivity contribution is -0.116. The Balaban J connectivity index is 2.54. The highest BCUT2D eigenvalue weighted by Crippen LogP contribution is 2.24. The highest BCUT2D eigenvalue weighted by molar-refractivity contribution is 5.92. The summed E-state index contributed by atoms with van der Waals surface area (Å²) in [5, 5.41) is 2.96. The van der Waals surface area contributed by atoms with Crippen LogP contribution < -0.4 is 10.1 Å². The Morgan fingerprint density at radius 2 is 1.77 bits per heavy atom. The summed E-state index contributed by atoms with van der Waals surface area (Å²) >= 11 is 0. The number of carbonyl (C=O) groups excluding carboxylic acids is 1. The summed E-state index contributed by atoms with van der Waals surface area (Å²) < 4.78 is 5.72. The van der Waals surface area contributed by atoms with Crippen molar-refractivity contribution in [1.29, 1.82) is 0 Å². The van der Waals surface area contributed by atoms with Gasteiger partial charge in [0.25, 0.3) is 0 Å². The van der Waals surface area contributed by atoms with Gasteiger partial charge in [-0.3, -0.25) is 4.79 Å². The maximum atomic E-state index is 12.2. The van der Waals surface area contributed by atoms with Crippen LogP contribution in [0.2, 0.25) is 0 Å². The Kier molecular flexibility index (Phi) is 8.60. The van der Waals surface area contributed by atoms with Crippen molar-refractivity contribution >= 4 is 11.6 Å². The standard InChI is InChI=1S/C18H30N2O2/c1-5-12-20(13-6-2)14-11-18(21)19-16-9-7-8-10-17(16)22-15(3)4/h7-10,15H,5-6,11-14H2,1-4H3,(H,19,21). The van der Waals surface area contributed by atoms with Crippen LogP contribution in [-0.2, 0) is 4.79 Å². The summed E-state index contributed by atoms with van der Waals surface area (Å²) in [4.78, 5) is 14.5. The molecule has 0 aromatic heterocycles. The number of hydrogen-bond donors (Lipinski definition) is 1. The first-order valence-electron chi connectivity index (χ1n) is 8.34. The molecule has 4 heteroatoms. The van der Waals surface area contributed by atoms with Gasteiger partial charge in [-0.2, -0.15) is 0 Å². The van der Waals surface area contributed by atoms with Crippen molar-refractivity contribution in [2.75, 3.05) is 25.0 Å². The van der Waals surface area contributed by atoms with E-state index < -0.39 is 0 Å². The van der Waals surface area contributed by atoms with Crippen LogP contribution in [0.25, 0.3) is 0 Å². The van der Waals surface area contributed by atoms with Gasteiger partial charge in [-0.1, -0.05) is 26.0 Å². The summed E-state index contributed by atoms with van der Waals surface area (Å²) in [6, 6.07) is 7.59. The molecule has 0 unspecified atom stereocenters. The molecule has 1 rings (SSSR count). The number of nitrogens with zero attached hydrogens (tertiary/aromatic N) is 1. The van der Waals surface area contributed by atoms with Crippen LogP contribution in [0.1, 0.15) is 47.0 Å². The minimum Gasteiger partial charge on any atom is -0.489 e. The molecule has 1 aromatic carbocycles. The van der Waals surface area contributed by atoms with E-state index in [4.69, 9.17) is 4.74 Å². The zero-order valence-corrected chi connectivity index (χ0v) is 14.4. The van der Waals surface area contributed by atoms with Gasteiger partial charge < -0.3 is 15.0 Å². The molecule has 4 nitrogen and oxygen atoms in total. The number of nitrogens with one attached hydrogen (secondary N) is 1. The summed E-state index contributed by atoms with van der Waals surface area (Å²) in [7, 11) is 0. The molecular formula is C18H30N2O2. The van der Waals surface area contributed by atoms with Crippen LogP contribution in [0.4, 0.5) is 5.69 Å². The molecule has 0 aliphatic carbocycles. The van der Waals surface area contributed by atoms with Crippen LogP contribution in [0.5, 0.6) is 5.75 Å². The van der Waals surface area contributed by atoms with Crippen molar-refractivity contribution in [2.45, 2.75) is 53.1 Å². The number of benzene rings is 1. The van der Waals surface area contributed by atoms with Crippen molar-refractivity contribution in [2.24, 2.45) is 0 Å². The fraction of sp³-hybridized carbons (Fsp3) is 0.611. The smallest absolute Gasteiger partial charge is 0.225 e. The second-order valence-electron chi connectivity index (χ2n) is 5.80. The van der Waals surface area contributed by atoms with Crippen LogP contribution in [-0.4, -0.2) is 36.5 Å². The van der Waals surface area contributed by atoms with E-state index in [9.17, 15) is 4.79 Å². The minimum atomic E-state index is 0.0389. The monoisotopic (exact) mass is 306 g/mol. The molecule has 1 aromatic rings. The molecule has 124 valence electrons. The zero-order chi connectivity index (χ0) is 16.4. The highest BCUT2D eigenvalue weighted by Gasteiger charge is 2.10. The van der Waals surface area contributed by atoms with Crippen molar-refractivity contribution in [3.63, 3.8) is 0 Å². The first-order valence-corrected chi connectivity index (χ1v) is 8.34. The Morgan fingerprint density at radius 1 is 1.14 bits per heavy atom. The molecule has 1 amide bonds. The van der Waals surface area contributed by atoms with Gasteiger partial charge in [0.05, 0.1) is 11.8 Å². The number of rotatable bonds is 10. The highest BCUT2D eigenvalue weighted by atomic mass is 16.5. The lowest BCUT2D eigenvalue weighted by atomic mass is 10.2. The molecule has 0 saturated carbocycles. The van der Waals surface area contributed by atoms with E-state index in [-0.39, 0.29) is 12.0 Å². The predicted octanol–water partition coefficient (Wildman–Crippen LogP) is 3.92. The normalized spacial score (nSPS) is 11.0. The van der Waals surface area contributed by atoms with Gasteiger partial charge in [0, 0.05) is 13.0 Å².